The number of rotatable bonds is 7. The summed E-state index contributed by atoms with van der Waals surface area (Å²) in [6, 6.07) is 7.36. The Morgan fingerprint density at radius 2 is 1.90 bits per heavy atom. The molecule has 5 heteroatoms. The summed E-state index contributed by atoms with van der Waals surface area (Å²) in [6.45, 7) is 5.12. The lowest BCUT2D eigenvalue weighted by molar-refractivity contribution is 0.191. The first-order chi connectivity index (χ1) is 9.56. The van der Waals surface area contributed by atoms with Crippen molar-refractivity contribution in [3.05, 3.63) is 29.3 Å². The van der Waals surface area contributed by atoms with E-state index >= 15 is 0 Å². The largest absolute Gasteiger partial charge is 0.492 e. The fraction of sp³-hybridized carbons (Fsp3) is 0.533. The maximum atomic E-state index is 11.9. The Balaban J connectivity index is 2.30. The van der Waals surface area contributed by atoms with E-state index in [1.165, 1.54) is 0 Å². The zero-order valence-corrected chi connectivity index (χ0v) is 13.1. The summed E-state index contributed by atoms with van der Waals surface area (Å²) in [5.41, 5.74) is 0. The van der Waals surface area contributed by atoms with Crippen LogP contribution < -0.4 is 10.1 Å². The van der Waals surface area contributed by atoms with E-state index in [1.807, 2.05) is 12.1 Å². The molecule has 0 radical (unpaired) electrons. The van der Waals surface area contributed by atoms with Crippen LogP contribution in [0.1, 0.15) is 26.7 Å². The zero-order valence-electron chi connectivity index (χ0n) is 12.4. The molecule has 0 atom stereocenters. The van der Waals surface area contributed by atoms with Crippen LogP contribution in [0.2, 0.25) is 5.02 Å². The quantitative estimate of drug-likeness (QED) is 0.836. The number of carbonyl (C=O) groups is 1. The van der Waals surface area contributed by atoms with Gasteiger partial charge in [-0.25, -0.2) is 4.79 Å². The maximum Gasteiger partial charge on any atom is 0.317 e. The SMILES string of the molecule is CCC(CC)NC(=O)N(C)CCOc1ccc(Cl)cc1. The molecule has 0 unspecified atom stereocenters. The second kappa shape index (κ2) is 8.69. The Hall–Kier alpha value is -1.42. The molecule has 0 spiro atoms. The molecule has 1 N–H and O–H groups in total. The average Bonchev–Trinajstić information content (AvgIpc) is 2.46. The van der Waals surface area contributed by atoms with Crippen LogP contribution in [-0.2, 0) is 0 Å². The van der Waals surface area contributed by atoms with Crippen LogP contribution in [0.25, 0.3) is 0 Å². The number of urea groups is 1. The van der Waals surface area contributed by atoms with Gasteiger partial charge in [0.25, 0.3) is 0 Å². The number of nitrogens with zero attached hydrogens (tertiary/aromatic N) is 1. The van der Waals surface area contributed by atoms with E-state index < -0.39 is 0 Å². The Bertz CT molecular complexity index is 405. The standard InChI is InChI=1S/C15H23ClN2O2/c1-4-13(5-2)17-15(19)18(3)10-11-20-14-8-6-12(16)7-9-14/h6-9,13H,4-5,10-11H2,1-3H3,(H,17,19). The smallest absolute Gasteiger partial charge is 0.317 e. The molecule has 0 fully saturated rings. The highest BCUT2D eigenvalue weighted by Gasteiger charge is 2.12. The topological polar surface area (TPSA) is 41.6 Å². The first kappa shape index (κ1) is 16.6. The minimum atomic E-state index is -0.0570. The van der Waals surface area contributed by atoms with Gasteiger partial charge in [-0.1, -0.05) is 25.4 Å². The Labute approximate surface area is 126 Å². The second-order valence-corrected chi connectivity index (χ2v) is 5.12. The Morgan fingerprint density at radius 3 is 2.45 bits per heavy atom. The summed E-state index contributed by atoms with van der Waals surface area (Å²) in [5, 5.41) is 3.67. The van der Waals surface area contributed by atoms with Crippen molar-refractivity contribution < 1.29 is 9.53 Å². The number of hydrogen-bond acceptors (Lipinski definition) is 2. The highest BCUT2D eigenvalue weighted by Crippen LogP contribution is 2.15. The molecule has 0 heterocycles. The van der Waals surface area contributed by atoms with Crippen LogP contribution in [0.15, 0.2) is 24.3 Å². The average molecular weight is 299 g/mol. The predicted molar refractivity (Wildman–Crippen MR) is 82.5 cm³/mol. The van der Waals surface area contributed by atoms with E-state index in [2.05, 4.69) is 19.2 Å². The Morgan fingerprint density at radius 1 is 1.30 bits per heavy atom. The van der Waals surface area contributed by atoms with E-state index in [0.29, 0.717) is 18.2 Å². The lowest BCUT2D eigenvalue weighted by atomic mass is 10.2. The number of hydrogen-bond donors (Lipinski definition) is 1. The molecule has 0 aliphatic heterocycles. The normalized spacial score (nSPS) is 10.4. The number of carbonyl (C=O) groups excluding carboxylic acids is 1. The number of nitrogens with one attached hydrogen (secondary N) is 1. The first-order valence-corrected chi connectivity index (χ1v) is 7.34. The van der Waals surface area contributed by atoms with Gasteiger partial charge >= 0.3 is 6.03 Å². The van der Waals surface area contributed by atoms with E-state index in [0.717, 1.165) is 18.6 Å². The Kier molecular flexibility index (Phi) is 7.23. The van der Waals surface area contributed by atoms with Gasteiger partial charge in [0.1, 0.15) is 12.4 Å². The molecule has 4 nitrogen and oxygen atoms in total. The predicted octanol–water partition coefficient (Wildman–Crippen LogP) is 3.55. The summed E-state index contributed by atoms with van der Waals surface area (Å²) < 4.78 is 5.56. The molecule has 0 aliphatic rings. The summed E-state index contributed by atoms with van der Waals surface area (Å²) in [7, 11) is 1.77. The lowest BCUT2D eigenvalue weighted by Crippen LogP contribution is -2.43. The van der Waals surface area contributed by atoms with Gasteiger partial charge in [0.05, 0.1) is 6.54 Å². The van der Waals surface area contributed by atoms with Crippen LogP contribution in [0.4, 0.5) is 4.79 Å². The van der Waals surface area contributed by atoms with Crippen molar-refractivity contribution in [2.24, 2.45) is 0 Å². The number of likely N-dealkylation sites (N-methyl/N-ethyl adjacent to an activating group) is 1. The van der Waals surface area contributed by atoms with Crippen LogP contribution in [0.5, 0.6) is 5.75 Å². The lowest BCUT2D eigenvalue weighted by Gasteiger charge is -2.22. The highest BCUT2D eigenvalue weighted by molar-refractivity contribution is 6.30. The van der Waals surface area contributed by atoms with Gasteiger partial charge < -0.3 is 15.0 Å². The third kappa shape index (κ3) is 5.70. The van der Waals surface area contributed by atoms with Crippen molar-refractivity contribution in [2.75, 3.05) is 20.2 Å². The number of benzene rings is 1. The van der Waals surface area contributed by atoms with E-state index in [4.69, 9.17) is 16.3 Å². The molecule has 1 rings (SSSR count). The molecule has 112 valence electrons. The fourth-order valence-electron chi connectivity index (χ4n) is 1.71. The number of halogens is 1. The molecule has 20 heavy (non-hydrogen) atoms. The summed E-state index contributed by atoms with van der Waals surface area (Å²) >= 11 is 5.80. The van der Waals surface area contributed by atoms with Crippen LogP contribution in [0, 0.1) is 0 Å². The van der Waals surface area contributed by atoms with Crippen molar-refractivity contribution in [3.63, 3.8) is 0 Å². The summed E-state index contributed by atoms with van der Waals surface area (Å²) in [6.07, 6.45) is 1.88. The molecule has 0 bridgehead atoms. The van der Waals surface area contributed by atoms with Gasteiger partial charge in [-0.05, 0) is 37.1 Å². The highest BCUT2D eigenvalue weighted by atomic mass is 35.5. The minimum absolute atomic E-state index is 0.0570. The molecule has 0 aliphatic carbocycles. The summed E-state index contributed by atoms with van der Waals surface area (Å²) in [4.78, 5) is 13.5. The summed E-state index contributed by atoms with van der Waals surface area (Å²) in [5.74, 6) is 0.753. The molecule has 2 amide bonds. The van der Waals surface area contributed by atoms with Gasteiger partial charge in [-0.3, -0.25) is 0 Å². The van der Waals surface area contributed by atoms with E-state index in [-0.39, 0.29) is 12.1 Å². The molecule has 0 saturated carbocycles. The van der Waals surface area contributed by atoms with Crippen molar-refractivity contribution in [1.29, 1.82) is 0 Å². The van der Waals surface area contributed by atoms with Gasteiger partial charge in [-0.2, -0.15) is 0 Å². The van der Waals surface area contributed by atoms with E-state index in [9.17, 15) is 4.79 Å². The molecule has 1 aromatic carbocycles. The first-order valence-electron chi connectivity index (χ1n) is 6.96. The van der Waals surface area contributed by atoms with Gasteiger partial charge in [-0.15, -0.1) is 0 Å². The monoisotopic (exact) mass is 298 g/mol. The van der Waals surface area contributed by atoms with Gasteiger partial charge in [0.15, 0.2) is 0 Å². The molecule has 0 aromatic heterocycles. The third-order valence-electron chi connectivity index (χ3n) is 3.17. The van der Waals surface area contributed by atoms with Crippen molar-refractivity contribution in [3.8, 4) is 5.75 Å². The van der Waals surface area contributed by atoms with E-state index in [1.54, 1.807) is 24.1 Å². The minimum Gasteiger partial charge on any atom is -0.492 e. The van der Waals surface area contributed by atoms with Gasteiger partial charge in [0.2, 0.25) is 0 Å². The van der Waals surface area contributed by atoms with Crippen molar-refractivity contribution >= 4 is 17.6 Å². The molecule has 1 aromatic rings. The van der Waals surface area contributed by atoms with Crippen molar-refractivity contribution in [2.45, 2.75) is 32.7 Å². The second-order valence-electron chi connectivity index (χ2n) is 4.69. The number of amides is 2. The molecular formula is C15H23ClN2O2. The van der Waals surface area contributed by atoms with Crippen LogP contribution in [-0.4, -0.2) is 37.2 Å². The third-order valence-corrected chi connectivity index (χ3v) is 3.42. The molecule has 0 saturated heterocycles. The van der Waals surface area contributed by atoms with Crippen LogP contribution >= 0.6 is 11.6 Å². The molecular weight excluding hydrogens is 276 g/mol. The zero-order chi connectivity index (χ0) is 15.0. The van der Waals surface area contributed by atoms with Crippen LogP contribution in [0.3, 0.4) is 0 Å². The fourth-order valence-corrected chi connectivity index (χ4v) is 1.84. The number of ether oxygens (including phenoxy) is 1. The maximum absolute atomic E-state index is 11.9. The van der Waals surface area contributed by atoms with Gasteiger partial charge in [0, 0.05) is 18.1 Å². The van der Waals surface area contributed by atoms with Crippen molar-refractivity contribution in [1.82, 2.24) is 10.2 Å².